The van der Waals surface area contributed by atoms with Crippen molar-refractivity contribution in [1.29, 1.82) is 10.8 Å². The van der Waals surface area contributed by atoms with Crippen LogP contribution in [0.3, 0.4) is 0 Å². The molecule has 0 bridgehead atoms. The van der Waals surface area contributed by atoms with Crippen molar-refractivity contribution in [3.63, 3.8) is 0 Å². The van der Waals surface area contributed by atoms with Crippen LogP contribution < -0.4 is 11.5 Å². The fourth-order valence-corrected chi connectivity index (χ4v) is 2.03. The molecule has 0 radical (unpaired) electrons. The van der Waals surface area contributed by atoms with E-state index in [-0.39, 0.29) is 11.7 Å². The first-order valence-corrected chi connectivity index (χ1v) is 8.01. The van der Waals surface area contributed by atoms with E-state index in [0.29, 0.717) is 24.3 Å². The summed E-state index contributed by atoms with van der Waals surface area (Å²) in [5.74, 6) is 0.105. The number of amidine groups is 2. The Labute approximate surface area is 152 Å². The van der Waals surface area contributed by atoms with Crippen molar-refractivity contribution in [2.24, 2.45) is 11.5 Å². The van der Waals surface area contributed by atoms with Gasteiger partial charge in [0.05, 0.1) is 12.5 Å². The summed E-state index contributed by atoms with van der Waals surface area (Å²) in [6.07, 6.45) is 6.87. The third-order valence-electron chi connectivity index (χ3n) is 3.48. The lowest BCUT2D eigenvalue weighted by atomic mass is 10.1. The number of hydrogen-bond donors (Lipinski definition) is 4. The summed E-state index contributed by atoms with van der Waals surface area (Å²) in [6, 6.07) is 14.6. The van der Waals surface area contributed by atoms with Crippen LogP contribution in [0.2, 0.25) is 0 Å². The number of nitrogens with two attached hydrogens (primary N) is 2. The number of nitrogens with one attached hydrogen (secondary N) is 2. The summed E-state index contributed by atoms with van der Waals surface area (Å²) in [7, 11) is 0. The summed E-state index contributed by atoms with van der Waals surface area (Å²) in [6.45, 7) is 0.852. The maximum atomic E-state index is 7.34. The molecule has 0 aliphatic heterocycles. The molecule has 2 aromatic rings. The number of ether oxygens (including phenoxy) is 2. The van der Waals surface area contributed by atoms with E-state index in [1.54, 1.807) is 36.8 Å². The Hall–Kier alpha value is -3.54. The first kappa shape index (κ1) is 18.8. The summed E-state index contributed by atoms with van der Waals surface area (Å²) >= 11 is 0. The summed E-state index contributed by atoms with van der Waals surface area (Å²) in [5.41, 5.74) is 14.1. The highest BCUT2D eigenvalue weighted by Crippen LogP contribution is 2.07. The SMILES string of the molecule is N=C(N)c1ccc(C=COCCOC=Cc2ccc(C(=N)N)cc2)cc1. The zero-order valence-corrected chi connectivity index (χ0v) is 14.3. The summed E-state index contributed by atoms with van der Waals surface area (Å²) in [4.78, 5) is 0. The van der Waals surface area contributed by atoms with Crippen LogP contribution in [0, 0.1) is 10.8 Å². The fraction of sp³-hybridized carbons (Fsp3) is 0.100. The van der Waals surface area contributed by atoms with Gasteiger partial charge in [-0.2, -0.15) is 0 Å². The van der Waals surface area contributed by atoms with Crippen molar-refractivity contribution >= 4 is 23.8 Å². The molecule has 6 heteroatoms. The van der Waals surface area contributed by atoms with E-state index in [1.807, 2.05) is 36.4 Å². The number of rotatable bonds is 9. The average Bonchev–Trinajstić information content (AvgIpc) is 2.64. The Balaban J connectivity index is 1.65. The maximum absolute atomic E-state index is 7.34. The van der Waals surface area contributed by atoms with E-state index in [4.69, 9.17) is 31.8 Å². The Morgan fingerprint density at radius 2 is 1.04 bits per heavy atom. The smallest absolute Gasteiger partial charge is 0.122 e. The van der Waals surface area contributed by atoms with Crippen LogP contribution in [0.15, 0.2) is 61.1 Å². The van der Waals surface area contributed by atoms with E-state index >= 15 is 0 Å². The van der Waals surface area contributed by atoms with Gasteiger partial charge < -0.3 is 20.9 Å². The van der Waals surface area contributed by atoms with Crippen molar-refractivity contribution < 1.29 is 9.47 Å². The van der Waals surface area contributed by atoms with Crippen molar-refractivity contribution in [2.45, 2.75) is 0 Å². The molecule has 0 aliphatic rings. The largest absolute Gasteiger partial charge is 0.498 e. The first-order valence-electron chi connectivity index (χ1n) is 8.01. The topological polar surface area (TPSA) is 118 Å². The van der Waals surface area contributed by atoms with Crippen LogP contribution >= 0.6 is 0 Å². The zero-order chi connectivity index (χ0) is 18.8. The predicted octanol–water partition coefficient (Wildman–Crippen LogP) is 2.93. The molecule has 2 rings (SSSR count). The normalized spacial score (nSPS) is 10.9. The molecule has 134 valence electrons. The molecule has 0 fully saturated rings. The lowest BCUT2D eigenvalue weighted by molar-refractivity contribution is 0.152. The lowest BCUT2D eigenvalue weighted by Gasteiger charge is -2.02. The van der Waals surface area contributed by atoms with Crippen LogP contribution in [0.1, 0.15) is 22.3 Å². The van der Waals surface area contributed by atoms with Gasteiger partial charge in [0.15, 0.2) is 0 Å². The number of hydrogen-bond acceptors (Lipinski definition) is 4. The average molecular weight is 350 g/mol. The monoisotopic (exact) mass is 350 g/mol. The van der Waals surface area contributed by atoms with Gasteiger partial charge in [-0.25, -0.2) is 0 Å². The van der Waals surface area contributed by atoms with E-state index in [0.717, 1.165) is 11.1 Å². The van der Waals surface area contributed by atoms with E-state index in [1.165, 1.54) is 0 Å². The van der Waals surface area contributed by atoms with Crippen molar-refractivity contribution in [3.05, 3.63) is 83.3 Å². The molecule has 6 nitrogen and oxygen atoms in total. The second kappa shape index (κ2) is 9.68. The second-order valence-electron chi connectivity index (χ2n) is 5.42. The third kappa shape index (κ3) is 6.16. The maximum Gasteiger partial charge on any atom is 0.122 e. The lowest BCUT2D eigenvalue weighted by Crippen LogP contribution is -2.10. The highest BCUT2D eigenvalue weighted by atomic mass is 16.5. The minimum Gasteiger partial charge on any atom is -0.498 e. The van der Waals surface area contributed by atoms with Crippen LogP contribution in [0.5, 0.6) is 0 Å². The third-order valence-corrected chi connectivity index (χ3v) is 3.48. The van der Waals surface area contributed by atoms with E-state index < -0.39 is 0 Å². The molecular formula is C20H22N4O2. The molecular weight excluding hydrogens is 328 g/mol. The molecule has 0 unspecified atom stereocenters. The first-order chi connectivity index (χ1) is 12.6. The molecule has 0 aromatic heterocycles. The molecule has 0 saturated carbocycles. The van der Waals surface area contributed by atoms with Crippen LogP contribution in [-0.4, -0.2) is 24.9 Å². The highest BCUT2D eigenvalue weighted by molar-refractivity contribution is 5.95. The molecule has 0 spiro atoms. The zero-order valence-electron chi connectivity index (χ0n) is 14.3. The van der Waals surface area contributed by atoms with Gasteiger partial charge in [0.1, 0.15) is 24.9 Å². The van der Waals surface area contributed by atoms with Gasteiger partial charge in [-0.1, -0.05) is 48.5 Å². The molecule has 0 saturated heterocycles. The van der Waals surface area contributed by atoms with Crippen LogP contribution in [0.25, 0.3) is 12.2 Å². The molecule has 26 heavy (non-hydrogen) atoms. The number of benzene rings is 2. The quantitative estimate of drug-likeness (QED) is 0.241. The van der Waals surface area contributed by atoms with Crippen molar-refractivity contribution in [3.8, 4) is 0 Å². The van der Waals surface area contributed by atoms with Gasteiger partial charge in [0.2, 0.25) is 0 Å². The number of nitrogen functional groups attached to an aromatic ring is 2. The van der Waals surface area contributed by atoms with Gasteiger partial charge in [-0.3, -0.25) is 10.8 Å². The van der Waals surface area contributed by atoms with Crippen LogP contribution in [-0.2, 0) is 9.47 Å². The molecule has 6 N–H and O–H groups in total. The van der Waals surface area contributed by atoms with Crippen LogP contribution in [0.4, 0.5) is 0 Å². The van der Waals surface area contributed by atoms with Gasteiger partial charge in [0.25, 0.3) is 0 Å². The van der Waals surface area contributed by atoms with E-state index in [2.05, 4.69) is 0 Å². The van der Waals surface area contributed by atoms with Gasteiger partial charge >= 0.3 is 0 Å². The summed E-state index contributed by atoms with van der Waals surface area (Å²) < 4.78 is 10.7. The van der Waals surface area contributed by atoms with Gasteiger partial charge in [-0.15, -0.1) is 0 Å². The highest BCUT2D eigenvalue weighted by Gasteiger charge is 1.95. The molecule has 2 aromatic carbocycles. The second-order valence-corrected chi connectivity index (χ2v) is 5.42. The van der Waals surface area contributed by atoms with E-state index in [9.17, 15) is 0 Å². The predicted molar refractivity (Wildman–Crippen MR) is 105 cm³/mol. The standard InChI is InChI=1S/C20H22N4O2/c21-19(22)17-5-1-15(2-6-17)9-11-25-13-14-26-12-10-16-3-7-18(8-4-16)20(23)24/h1-12H,13-14H2,(H3,21,22)(H3,23,24). The Bertz CT molecular complexity index is 724. The van der Waals surface area contributed by atoms with Crippen molar-refractivity contribution in [2.75, 3.05) is 13.2 Å². The Morgan fingerprint density at radius 1 is 0.692 bits per heavy atom. The fourth-order valence-electron chi connectivity index (χ4n) is 2.03. The Kier molecular flexibility index (Phi) is 7.00. The van der Waals surface area contributed by atoms with Crippen molar-refractivity contribution in [1.82, 2.24) is 0 Å². The minimum atomic E-state index is 0.0526. The minimum absolute atomic E-state index is 0.0526. The van der Waals surface area contributed by atoms with Gasteiger partial charge in [0, 0.05) is 11.1 Å². The van der Waals surface area contributed by atoms with Gasteiger partial charge in [-0.05, 0) is 23.3 Å². The summed E-state index contributed by atoms with van der Waals surface area (Å²) in [5, 5.41) is 14.7. The molecule has 0 atom stereocenters. The molecule has 0 amide bonds. The Morgan fingerprint density at radius 3 is 1.35 bits per heavy atom. The molecule has 0 aliphatic carbocycles. The molecule has 0 heterocycles.